The Hall–Kier alpha value is -2.79. The highest BCUT2D eigenvalue weighted by molar-refractivity contribution is 7.99. The Morgan fingerprint density at radius 2 is 2.07 bits per heavy atom. The van der Waals surface area contributed by atoms with E-state index in [-0.39, 0.29) is 29.8 Å². The zero-order chi connectivity index (χ0) is 21.7. The van der Waals surface area contributed by atoms with Gasteiger partial charge in [-0.25, -0.2) is 4.79 Å². The Morgan fingerprint density at radius 1 is 1.33 bits per heavy atom. The first-order chi connectivity index (χ1) is 14.5. The molecule has 0 radical (unpaired) electrons. The molecule has 0 bridgehead atoms. The predicted octanol–water partition coefficient (Wildman–Crippen LogP) is 3.75. The number of hydrogen-bond donors (Lipinski definition) is 1. The molecule has 2 aliphatic rings. The number of benzene rings is 1. The summed E-state index contributed by atoms with van der Waals surface area (Å²) in [6, 6.07) is 4.99. The molecule has 7 nitrogen and oxygen atoms in total. The SMILES string of the molecule is CCOC(=O)OC1=C(c2cc(C)ccc2C)C(=O)NC1C(=NC#N)C1CCSCC1. The van der Waals surface area contributed by atoms with Gasteiger partial charge in [-0.05, 0) is 56.2 Å². The number of amides is 1. The van der Waals surface area contributed by atoms with Gasteiger partial charge in [0, 0.05) is 5.92 Å². The van der Waals surface area contributed by atoms with Crippen molar-refractivity contribution in [3.05, 3.63) is 40.6 Å². The van der Waals surface area contributed by atoms with E-state index in [0.29, 0.717) is 11.3 Å². The number of rotatable bonds is 5. The van der Waals surface area contributed by atoms with Gasteiger partial charge in [-0.2, -0.15) is 22.0 Å². The summed E-state index contributed by atoms with van der Waals surface area (Å²) in [6.45, 7) is 5.66. The van der Waals surface area contributed by atoms with Crippen LogP contribution in [0, 0.1) is 31.2 Å². The van der Waals surface area contributed by atoms with E-state index in [2.05, 4.69) is 10.3 Å². The maximum atomic E-state index is 13.0. The molecule has 1 fully saturated rings. The second-order valence-electron chi connectivity index (χ2n) is 7.27. The van der Waals surface area contributed by atoms with Crippen LogP contribution in [-0.4, -0.2) is 41.9 Å². The summed E-state index contributed by atoms with van der Waals surface area (Å²) in [5.41, 5.74) is 3.36. The lowest BCUT2D eigenvalue weighted by molar-refractivity contribution is -0.115. The van der Waals surface area contributed by atoms with Crippen LogP contribution in [-0.2, 0) is 14.3 Å². The molecule has 0 aliphatic carbocycles. The number of carbonyl (C=O) groups excluding carboxylic acids is 2. The number of hydrogen-bond acceptors (Lipinski definition) is 7. The van der Waals surface area contributed by atoms with Crippen LogP contribution in [0.2, 0.25) is 0 Å². The monoisotopic (exact) mass is 427 g/mol. The number of aryl methyl sites for hydroxylation is 2. The Bertz CT molecular complexity index is 942. The molecule has 158 valence electrons. The highest BCUT2D eigenvalue weighted by atomic mass is 32.2. The molecule has 0 spiro atoms. The van der Waals surface area contributed by atoms with Crippen molar-refractivity contribution in [2.45, 2.75) is 39.7 Å². The van der Waals surface area contributed by atoms with Crippen LogP contribution in [0.1, 0.15) is 36.5 Å². The number of nitriles is 1. The average molecular weight is 428 g/mol. The molecular weight excluding hydrogens is 402 g/mol. The van der Waals surface area contributed by atoms with E-state index in [0.717, 1.165) is 35.5 Å². The zero-order valence-electron chi connectivity index (χ0n) is 17.4. The van der Waals surface area contributed by atoms with Gasteiger partial charge in [0.15, 0.2) is 5.76 Å². The van der Waals surface area contributed by atoms with Gasteiger partial charge in [0.25, 0.3) is 5.91 Å². The smallest absolute Gasteiger partial charge is 0.434 e. The summed E-state index contributed by atoms with van der Waals surface area (Å²) in [6.07, 6.45) is 2.68. The van der Waals surface area contributed by atoms with E-state index in [4.69, 9.17) is 9.47 Å². The van der Waals surface area contributed by atoms with Crippen LogP contribution < -0.4 is 5.32 Å². The highest BCUT2D eigenvalue weighted by Gasteiger charge is 2.41. The third-order valence-electron chi connectivity index (χ3n) is 5.24. The first kappa shape index (κ1) is 21.9. The molecule has 3 rings (SSSR count). The maximum absolute atomic E-state index is 13.0. The van der Waals surface area contributed by atoms with Gasteiger partial charge in [-0.15, -0.1) is 0 Å². The molecule has 0 saturated carbocycles. The first-order valence-electron chi connectivity index (χ1n) is 9.97. The maximum Gasteiger partial charge on any atom is 0.513 e. The summed E-state index contributed by atoms with van der Waals surface area (Å²) < 4.78 is 10.5. The van der Waals surface area contributed by atoms with Gasteiger partial charge < -0.3 is 14.8 Å². The van der Waals surface area contributed by atoms with Crippen LogP contribution in [0.15, 0.2) is 29.0 Å². The van der Waals surface area contributed by atoms with Crippen molar-refractivity contribution in [1.82, 2.24) is 5.32 Å². The highest BCUT2D eigenvalue weighted by Crippen LogP contribution is 2.34. The number of ether oxygens (including phenoxy) is 2. The fraction of sp³-hybridized carbons (Fsp3) is 0.455. The molecule has 2 heterocycles. The van der Waals surface area contributed by atoms with E-state index in [1.54, 1.807) is 6.92 Å². The minimum Gasteiger partial charge on any atom is -0.434 e. The van der Waals surface area contributed by atoms with Crippen molar-refractivity contribution >= 4 is 35.1 Å². The standard InChI is InChI=1S/C22H25N3O4S/c1-4-28-22(27)29-20-17(16-11-13(2)5-6-14(16)3)21(26)25-19(20)18(24-12-23)15-7-9-30-10-8-15/h5-6,11,15,19H,4,7-10H2,1-3H3,(H,25,26). The van der Waals surface area contributed by atoms with Crippen LogP contribution in [0.25, 0.3) is 5.57 Å². The van der Waals surface area contributed by atoms with E-state index in [1.165, 1.54) is 0 Å². The molecule has 30 heavy (non-hydrogen) atoms. The Morgan fingerprint density at radius 3 is 2.73 bits per heavy atom. The largest absolute Gasteiger partial charge is 0.513 e. The first-order valence-corrected chi connectivity index (χ1v) is 11.1. The minimum absolute atomic E-state index is 0.0370. The molecule has 2 aliphatic heterocycles. The van der Waals surface area contributed by atoms with Crippen LogP contribution in [0.5, 0.6) is 0 Å². The third kappa shape index (κ3) is 4.68. The molecule has 1 saturated heterocycles. The van der Waals surface area contributed by atoms with Crippen molar-refractivity contribution in [3.63, 3.8) is 0 Å². The Balaban J connectivity index is 2.12. The summed E-state index contributed by atoms with van der Waals surface area (Å²) >= 11 is 1.85. The second-order valence-corrected chi connectivity index (χ2v) is 8.50. The third-order valence-corrected chi connectivity index (χ3v) is 6.29. The van der Waals surface area contributed by atoms with Gasteiger partial charge in [-0.3, -0.25) is 4.79 Å². The topological polar surface area (TPSA) is 101 Å². The fourth-order valence-corrected chi connectivity index (χ4v) is 4.89. The molecule has 1 aromatic carbocycles. The molecule has 1 aromatic rings. The predicted molar refractivity (Wildman–Crippen MR) is 116 cm³/mol. The lowest BCUT2D eigenvalue weighted by atomic mass is 9.90. The van der Waals surface area contributed by atoms with Gasteiger partial charge >= 0.3 is 6.16 Å². The van der Waals surface area contributed by atoms with Crippen molar-refractivity contribution in [3.8, 4) is 6.19 Å². The molecule has 8 heteroatoms. The molecule has 1 unspecified atom stereocenters. The number of thioether (sulfide) groups is 1. The molecule has 1 N–H and O–H groups in total. The van der Waals surface area contributed by atoms with E-state index < -0.39 is 12.2 Å². The quantitative estimate of drug-likeness (QED) is 0.436. The number of nitrogens with zero attached hydrogens (tertiary/aromatic N) is 2. The van der Waals surface area contributed by atoms with Crippen molar-refractivity contribution in [2.75, 3.05) is 18.1 Å². The molecule has 1 atom stereocenters. The fourth-order valence-electron chi connectivity index (χ4n) is 3.78. The van der Waals surface area contributed by atoms with Crippen LogP contribution in [0.4, 0.5) is 4.79 Å². The van der Waals surface area contributed by atoms with E-state index >= 15 is 0 Å². The van der Waals surface area contributed by atoms with Crippen molar-refractivity contribution in [2.24, 2.45) is 10.9 Å². The number of carbonyl (C=O) groups is 2. The summed E-state index contributed by atoms with van der Waals surface area (Å²) in [5, 5.41) is 12.2. The lowest BCUT2D eigenvalue weighted by Gasteiger charge is -2.26. The van der Waals surface area contributed by atoms with Crippen LogP contribution in [0.3, 0.4) is 0 Å². The minimum atomic E-state index is -0.882. The zero-order valence-corrected chi connectivity index (χ0v) is 18.2. The Labute approximate surface area is 180 Å². The average Bonchev–Trinajstić information content (AvgIpc) is 3.04. The van der Waals surface area contributed by atoms with E-state index in [1.807, 2.05) is 50.0 Å². The van der Waals surface area contributed by atoms with Gasteiger partial charge in [-0.1, -0.05) is 23.8 Å². The van der Waals surface area contributed by atoms with Crippen molar-refractivity contribution < 1.29 is 19.1 Å². The molecular formula is C22H25N3O4S. The van der Waals surface area contributed by atoms with Gasteiger partial charge in [0.05, 0.1) is 17.9 Å². The number of aliphatic imine (C=N–C) groups is 1. The Kier molecular flexibility index (Phi) is 7.16. The summed E-state index contributed by atoms with van der Waals surface area (Å²) in [5.74, 6) is 1.74. The van der Waals surface area contributed by atoms with Crippen molar-refractivity contribution in [1.29, 1.82) is 5.26 Å². The lowest BCUT2D eigenvalue weighted by Crippen LogP contribution is -2.41. The summed E-state index contributed by atoms with van der Waals surface area (Å²) in [4.78, 5) is 29.3. The van der Waals surface area contributed by atoms with Crippen LogP contribution >= 0.6 is 11.8 Å². The molecule has 0 aromatic heterocycles. The normalized spacial score (nSPS) is 20.0. The van der Waals surface area contributed by atoms with Gasteiger partial charge in [0.2, 0.25) is 6.19 Å². The van der Waals surface area contributed by atoms with Gasteiger partial charge in [0.1, 0.15) is 6.04 Å². The summed E-state index contributed by atoms with van der Waals surface area (Å²) in [7, 11) is 0. The molecule has 1 amide bonds. The second kappa shape index (κ2) is 9.81. The van der Waals surface area contributed by atoms with E-state index in [9.17, 15) is 14.9 Å². The number of nitrogens with one attached hydrogen (secondary N) is 1.